The van der Waals surface area contributed by atoms with Crippen molar-refractivity contribution in [2.24, 2.45) is 5.73 Å². The third-order valence-corrected chi connectivity index (χ3v) is 2.35. The van der Waals surface area contributed by atoms with Gasteiger partial charge in [-0.15, -0.1) is 0 Å². The van der Waals surface area contributed by atoms with Crippen LogP contribution >= 0.6 is 0 Å². The van der Waals surface area contributed by atoms with Crippen LogP contribution in [0.5, 0.6) is 17.2 Å². The van der Waals surface area contributed by atoms with Gasteiger partial charge < -0.3 is 15.2 Å². The molecule has 0 unspecified atom stereocenters. The van der Waals surface area contributed by atoms with Gasteiger partial charge >= 0.3 is 0 Å². The molecule has 0 spiro atoms. The quantitative estimate of drug-likeness (QED) is 0.915. The van der Waals surface area contributed by atoms with Gasteiger partial charge in [0.1, 0.15) is 17.3 Å². The van der Waals surface area contributed by atoms with Crippen molar-refractivity contribution in [3.63, 3.8) is 0 Å². The highest BCUT2D eigenvalue weighted by atomic mass is 19.1. The first-order chi connectivity index (χ1) is 9.10. The van der Waals surface area contributed by atoms with E-state index in [-0.39, 0.29) is 11.5 Å². The van der Waals surface area contributed by atoms with E-state index in [1.807, 2.05) is 0 Å². The van der Waals surface area contributed by atoms with Gasteiger partial charge in [-0.25, -0.2) is 9.37 Å². The molecule has 0 radical (unpaired) electrons. The zero-order valence-electron chi connectivity index (χ0n) is 10.1. The van der Waals surface area contributed by atoms with Gasteiger partial charge in [-0.05, 0) is 24.3 Å². The molecule has 0 aliphatic heterocycles. The number of halogens is 1. The maximum Gasteiger partial charge on any atom is 0.267 e. The Bertz CT molecular complexity index is 599. The summed E-state index contributed by atoms with van der Waals surface area (Å²) in [5, 5.41) is 0. The summed E-state index contributed by atoms with van der Waals surface area (Å²) in [6.07, 6.45) is 1.32. The molecular formula is C13H11FN2O3. The average molecular weight is 262 g/mol. The second-order valence-corrected chi connectivity index (χ2v) is 3.64. The third kappa shape index (κ3) is 2.98. The van der Waals surface area contributed by atoms with Gasteiger partial charge in [0.2, 0.25) is 0 Å². The maximum absolute atomic E-state index is 12.8. The van der Waals surface area contributed by atoms with E-state index < -0.39 is 5.91 Å². The lowest BCUT2D eigenvalue weighted by Crippen LogP contribution is -2.13. The summed E-state index contributed by atoms with van der Waals surface area (Å²) < 4.78 is 23.3. The van der Waals surface area contributed by atoms with E-state index in [9.17, 15) is 9.18 Å². The van der Waals surface area contributed by atoms with Crippen molar-refractivity contribution in [1.82, 2.24) is 4.98 Å². The van der Waals surface area contributed by atoms with Gasteiger partial charge in [-0.1, -0.05) is 0 Å². The number of nitrogens with two attached hydrogens (primary N) is 1. The summed E-state index contributed by atoms with van der Waals surface area (Å²) >= 11 is 0. The zero-order chi connectivity index (χ0) is 13.8. The monoisotopic (exact) mass is 262 g/mol. The number of carbonyl (C=O) groups is 1. The first-order valence-electron chi connectivity index (χ1n) is 5.37. The van der Waals surface area contributed by atoms with E-state index in [1.54, 1.807) is 0 Å². The molecule has 19 heavy (non-hydrogen) atoms. The van der Waals surface area contributed by atoms with Crippen molar-refractivity contribution < 1.29 is 18.7 Å². The van der Waals surface area contributed by atoms with Gasteiger partial charge in [0.15, 0.2) is 11.5 Å². The molecule has 2 rings (SSSR count). The van der Waals surface area contributed by atoms with E-state index in [0.717, 1.165) is 0 Å². The molecule has 1 aromatic carbocycles. The van der Waals surface area contributed by atoms with Gasteiger partial charge in [-0.2, -0.15) is 0 Å². The molecule has 0 saturated heterocycles. The summed E-state index contributed by atoms with van der Waals surface area (Å²) in [7, 11) is 1.43. The van der Waals surface area contributed by atoms with Gasteiger partial charge in [0.25, 0.3) is 5.91 Å². The summed E-state index contributed by atoms with van der Waals surface area (Å²) in [4.78, 5) is 14.8. The predicted octanol–water partition coefficient (Wildman–Crippen LogP) is 2.12. The summed E-state index contributed by atoms with van der Waals surface area (Å²) in [6.45, 7) is 0. The minimum atomic E-state index is -0.661. The van der Waals surface area contributed by atoms with Crippen LogP contribution in [0.15, 0.2) is 36.5 Å². The fourth-order valence-electron chi connectivity index (χ4n) is 1.42. The van der Waals surface area contributed by atoms with E-state index in [4.69, 9.17) is 15.2 Å². The number of aromatic nitrogens is 1. The van der Waals surface area contributed by atoms with Gasteiger partial charge in [0.05, 0.1) is 13.3 Å². The predicted molar refractivity (Wildman–Crippen MR) is 65.8 cm³/mol. The minimum Gasteiger partial charge on any atom is -0.493 e. The van der Waals surface area contributed by atoms with Crippen LogP contribution in [0, 0.1) is 5.82 Å². The number of benzene rings is 1. The number of ether oxygens (including phenoxy) is 2. The number of amides is 1. The molecule has 1 heterocycles. The smallest absolute Gasteiger partial charge is 0.267 e. The number of nitrogens with zero attached hydrogens (tertiary/aromatic N) is 1. The SMILES string of the molecule is COc1cc(C(N)=O)ncc1Oc1ccc(F)cc1. The molecule has 0 fully saturated rings. The second kappa shape index (κ2) is 5.34. The van der Waals surface area contributed by atoms with Crippen LogP contribution < -0.4 is 15.2 Å². The number of rotatable bonds is 4. The maximum atomic E-state index is 12.8. The number of carbonyl (C=O) groups excluding carboxylic acids is 1. The van der Waals surface area contributed by atoms with Gasteiger partial charge in [-0.3, -0.25) is 4.79 Å². The standard InChI is InChI=1S/C13H11FN2O3/c1-18-11-6-10(13(15)17)16-7-12(11)19-9-4-2-8(14)3-5-9/h2-7H,1H3,(H2,15,17). The van der Waals surface area contributed by atoms with E-state index in [2.05, 4.69) is 4.98 Å². The minimum absolute atomic E-state index is 0.0725. The van der Waals surface area contributed by atoms with Crippen molar-refractivity contribution in [3.8, 4) is 17.2 Å². The van der Waals surface area contributed by atoms with E-state index in [1.165, 1.54) is 43.6 Å². The molecule has 1 amide bonds. The topological polar surface area (TPSA) is 74.4 Å². The Kier molecular flexibility index (Phi) is 3.61. The molecule has 0 saturated carbocycles. The zero-order valence-corrected chi connectivity index (χ0v) is 10.1. The number of primary amides is 1. The largest absolute Gasteiger partial charge is 0.493 e. The molecule has 0 aliphatic carbocycles. The Hall–Kier alpha value is -2.63. The van der Waals surface area contributed by atoms with Crippen molar-refractivity contribution in [2.45, 2.75) is 0 Å². The summed E-state index contributed by atoms with van der Waals surface area (Å²) in [5.41, 5.74) is 5.19. The van der Waals surface area contributed by atoms with E-state index >= 15 is 0 Å². The Morgan fingerprint density at radius 2 is 1.95 bits per heavy atom. The third-order valence-electron chi connectivity index (χ3n) is 2.35. The first kappa shape index (κ1) is 12.8. The summed E-state index contributed by atoms with van der Waals surface area (Å²) in [5.74, 6) is 0.0220. The van der Waals surface area contributed by atoms with Crippen LogP contribution in [0.2, 0.25) is 0 Å². The molecule has 1 aromatic heterocycles. The number of methoxy groups -OCH3 is 1. The number of hydrogen-bond donors (Lipinski definition) is 1. The Morgan fingerprint density at radius 1 is 1.26 bits per heavy atom. The number of hydrogen-bond acceptors (Lipinski definition) is 4. The van der Waals surface area contributed by atoms with Crippen LogP contribution in [0.1, 0.15) is 10.5 Å². The highest BCUT2D eigenvalue weighted by Gasteiger charge is 2.11. The van der Waals surface area contributed by atoms with Crippen molar-refractivity contribution in [3.05, 3.63) is 48.0 Å². The average Bonchev–Trinajstić information content (AvgIpc) is 2.41. The van der Waals surface area contributed by atoms with Crippen molar-refractivity contribution in [2.75, 3.05) is 7.11 Å². The molecule has 98 valence electrons. The molecule has 2 N–H and O–H groups in total. The van der Waals surface area contributed by atoms with E-state index in [0.29, 0.717) is 17.2 Å². The Balaban J connectivity index is 2.29. The lowest BCUT2D eigenvalue weighted by Gasteiger charge is -2.10. The molecule has 2 aromatic rings. The molecule has 0 atom stereocenters. The van der Waals surface area contributed by atoms with Crippen LogP contribution in [-0.4, -0.2) is 18.0 Å². The molecule has 6 heteroatoms. The van der Waals surface area contributed by atoms with Crippen LogP contribution in [0.4, 0.5) is 4.39 Å². The molecular weight excluding hydrogens is 251 g/mol. The Morgan fingerprint density at radius 3 is 2.53 bits per heavy atom. The van der Waals surface area contributed by atoms with Crippen LogP contribution in [-0.2, 0) is 0 Å². The fraction of sp³-hybridized carbons (Fsp3) is 0.0769. The van der Waals surface area contributed by atoms with Crippen molar-refractivity contribution in [1.29, 1.82) is 0 Å². The highest BCUT2D eigenvalue weighted by Crippen LogP contribution is 2.31. The first-order valence-corrected chi connectivity index (χ1v) is 5.37. The molecule has 0 bridgehead atoms. The lowest BCUT2D eigenvalue weighted by atomic mass is 10.3. The lowest BCUT2D eigenvalue weighted by molar-refractivity contribution is 0.0995. The van der Waals surface area contributed by atoms with Gasteiger partial charge in [0, 0.05) is 6.07 Å². The second-order valence-electron chi connectivity index (χ2n) is 3.64. The molecule has 5 nitrogen and oxygen atoms in total. The normalized spacial score (nSPS) is 10.0. The van der Waals surface area contributed by atoms with Crippen LogP contribution in [0.25, 0.3) is 0 Å². The molecule has 0 aliphatic rings. The summed E-state index contributed by atoms with van der Waals surface area (Å²) in [6, 6.07) is 6.86. The highest BCUT2D eigenvalue weighted by molar-refractivity contribution is 5.91. The van der Waals surface area contributed by atoms with Crippen molar-refractivity contribution >= 4 is 5.91 Å². The Labute approximate surface area is 108 Å². The number of pyridine rings is 1. The fourth-order valence-corrected chi connectivity index (χ4v) is 1.42. The van der Waals surface area contributed by atoms with Crippen LogP contribution in [0.3, 0.4) is 0 Å².